The minimum absolute atomic E-state index is 0.658. The van der Waals surface area contributed by atoms with E-state index in [2.05, 4.69) is 46.5 Å². The van der Waals surface area contributed by atoms with E-state index in [4.69, 9.17) is 0 Å². The lowest BCUT2D eigenvalue weighted by molar-refractivity contribution is 0.451. The molecule has 1 atom stereocenters. The third-order valence-corrected chi connectivity index (χ3v) is 5.63. The van der Waals surface area contributed by atoms with Crippen LogP contribution >= 0.6 is 27.3 Å². The average Bonchev–Trinajstić information content (AvgIpc) is 2.88. The van der Waals surface area contributed by atoms with E-state index in [-0.39, 0.29) is 0 Å². The molecule has 21 heavy (non-hydrogen) atoms. The molecule has 1 aromatic rings. The molecule has 1 aromatic heterocycles. The van der Waals surface area contributed by atoms with Gasteiger partial charge in [-0.2, -0.15) is 0 Å². The molecular formula is C18H32BrNS. The summed E-state index contributed by atoms with van der Waals surface area (Å²) in [7, 11) is 0. The number of rotatable bonds is 13. The van der Waals surface area contributed by atoms with Crippen LogP contribution in [0.1, 0.15) is 76.5 Å². The zero-order valence-corrected chi connectivity index (χ0v) is 16.2. The Morgan fingerprint density at radius 3 is 2.38 bits per heavy atom. The lowest BCUT2D eigenvalue weighted by Gasteiger charge is -2.17. The SMILES string of the molecule is CCCCCCCCCC(Cc1cc(Br)cs1)NCCC. The van der Waals surface area contributed by atoms with Crippen LogP contribution in [0.25, 0.3) is 0 Å². The van der Waals surface area contributed by atoms with Gasteiger partial charge in [0.15, 0.2) is 0 Å². The van der Waals surface area contributed by atoms with Crippen molar-refractivity contribution in [2.24, 2.45) is 0 Å². The van der Waals surface area contributed by atoms with E-state index >= 15 is 0 Å². The minimum atomic E-state index is 0.658. The van der Waals surface area contributed by atoms with Crippen LogP contribution in [0.5, 0.6) is 0 Å². The Morgan fingerprint density at radius 2 is 1.76 bits per heavy atom. The number of halogens is 1. The molecule has 0 radical (unpaired) electrons. The Morgan fingerprint density at radius 1 is 1.05 bits per heavy atom. The van der Waals surface area contributed by atoms with Gasteiger partial charge in [0.05, 0.1) is 0 Å². The standard InChI is InChI=1S/C18H32BrNS/c1-3-5-6-7-8-9-10-11-17(20-12-4-2)14-18-13-16(19)15-21-18/h13,15,17,20H,3-12,14H2,1-2H3. The van der Waals surface area contributed by atoms with Crippen molar-refractivity contribution in [2.45, 2.75) is 84.1 Å². The van der Waals surface area contributed by atoms with E-state index in [9.17, 15) is 0 Å². The molecular weight excluding hydrogens is 342 g/mol. The van der Waals surface area contributed by atoms with Gasteiger partial charge in [0.2, 0.25) is 0 Å². The summed E-state index contributed by atoms with van der Waals surface area (Å²) >= 11 is 5.44. The molecule has 0 amide bonds. The Labute approximate surface area is 144 Å². The molecule has 0 saturated carbocycles. The second kappa shape index (κ2) is 12.7. The summed E-state index contributed by atoms with van der Waals surface area (Å²) in [6, 6.07) is 2.93. The van der Waals surface area contributed by atoms with Gasteiger partial charge in [0.25, 0.3) is 0 Å². The quantitative estimate of drug-likeness (QED) is 0.385. The van der Waals surface area contributed by atoms with Gasteiger partial charge in [-0.25, -0.2) is 0 Å². The summed E-state index contributed by atoms with van der Waals surface area (Å²) in [5, 5.41) is 5.92. The predicted octanol–water partition coefficient (Wildman–Crippen LogP) is 6.56. The first-order chi connectivity index (χ1) is 10.3. The predicted molar refractivity (Wildman–Crippen MR) is 100 cm³/mol. The average molecular weight is 374 g/mol. The molecule has 0 saturated heterocycles. The van der Waals surface area contributed by atoms with Gasteiger partial charge < -0.3 is 5.32 Å². The van der Waals surface area contributed by atoms with Crippen molar-refractivity contribution in [2.75, 3.05) is 6.54 Å². The van der Waals surface area contributed by atoms with Crippen LogP contribution in [-0.4, -0.2) is 12.6 Å². The summed E-state index contributed by atoms with van der Waals surface area (Å²) in [5.41, 5.74) is 0. The molecule has 0 aliphatic rings. The van der Waals surface area contributed by atoms with Crippen LogP contribution < -0.4 is 5.32 Å². The smallest absolute Gasteiger partial charge is 0.0285 e. The molecule has 0 aliphatic carbocycles. The third kappa shape index (κ3) is 9.70. The van der Waals surface area contributed by atoms with E-state index in [1.807, 2.05) is 11.3 Å². The first-order valence-electron chi connectivity index (χ1n) is 8.72. The fourth-order valence-electron chi connectivity index (χ4n) is 2.68. The minimum Gasteiger partial charge on any atom is -0.314 e. The van der Waals surface area contributed by atoms with Crippen molar-refractivity contribution in [3.05, 3.63) is 20.8 Å². The van der Waals surface area contributed by atoms with Crippen LogP contribution in [0, 0.1) is 0 Å². The molecule has 1 unspecified atom stereocenters. The van der Waals surface area contributed by atoms with Crippen molar-refractivity contribution in [3.8, 4) is 0 Å². The highest BCUT2D eigenvalue weighted by atomic mass is 79.9. The third-order valence-electron chi connectivity index (χ3n) is 3.91. The van der Waals surface area contributed by atoms with Gasteiger partial charge in [-0.05, 0) is 47.8 Å². The maximum absolute atomic E-state index is 3.73. The molecule has 1 heterocycles. The van der Waals surface area contributed by atoms with Gasteiger partial charge in [-0.15, -0.1) is 11.3 Å². The Kier molecular flexibility index (Phi) is 11.6. The fourth-order valence-corrected chi connectivity index (χ4v) is 4.21. The number of thiophene rings is 1. The Balaban J connectivity index is 2.20. The molecule has 3 heteroatoms. The second-order valence-electron chi connectivity index (χ2n) is 6.00. The van der Waals surface area contributed by atoms with E-state index in [0.29, 0.717) is 6.04 Å². The molecule has 0 bridgehead atoms. The lowest BCUT2D eigenvalue weighted by Crippen LogP contribution is -2.31. The molecule has 1 nitrogen and oxygen atoms in total. The van der Waals surface area contributed by atoms with Crippen LogP contribution in [0.4, 0.5) is 0 Å². The van der Waals surface area contributed by atoms with Gasteiger partial charge in [-0.1, -0.05) is 58.8 Å². The van der Waals surface area contributed by atoms with Gasteiger partial charge >= 0.3 is 0 Å². The molecule has 0 aromatic carbocycles. The summed E-state index contributed by atoms with van der Waals surface area (Å²) in [5.74, 6) is 0. The highest BCUT2D eigenvalue weighted by molar-refractivity contribution is 9.10. The maximum Gasteiger partial charge on any atom is 0.0285 e. The van der Waals surface area contributed by atoms with E-state index < -0.39 is 0 Å². The summed E-state index contributed by atoms with van der Waals surface area (Å²) in [6.07, 6.45) is 13.5. The maximum atomic E-state index is 3.73. The Bertz CT molecular complexity index is 351. The number of unbranched alkanes of at least 4 members (excludes halogenated alkanes) is 6. The van der Waals surface area contributed by atoms with Crippen LogP contribution in [0.3, 0.4) is 0 Å². The molecule has 1 rings (SSSR count). The lowest BCUT2D eigenvalue weighted by atomic mass is 10.0. The van der Waals surface area contributed by atoms with E-state index in [1.165, 1.54) is 73.6 Å². The normalized spacial score (nSPS) is 12.7. The Hall–Kier alpha value is 0.140. The van der Waals surface area contributed by atoms with Gasteiger partial charge in [0.1, 0.15) is 0 Å². The number of hydrogen-bond acceptors (Lipinski definition) is 2. The topological polar surface area (TPSA) is 12.0 Å². The van der Waals surface area contributed by atoms with Gasteiger partial charge in [-0.3, -0.25) is 0 Å². The summed E-state index contributed by atoms with van der Waals surface area (Å²) < 4.78 is 1.23. The largest absolute Gasteiger partial charge is 0.314 e. The van der Waals surface area contributed by atoms with Crippen molar-refractivity contribution in [3.63, 3.8) is 0 Å². The highest BCUT2D eigenvalue weighted by Crippen LogP contribution is 2.22. The first kappa shape index (κ1) is 19.2. The monoisotopic (exact) mass is 373 g/mol. The van der Waals surface area contributed by atoms with E-state index in [1.54, 1.807) is 0 Å². The molecule has 0 aliphatic heterocycles. The molecule has 1 N–H and O–H groups in total. The van der Waals surface area contributed by atoms with Gasteiger partial charge in [0, 0.05) is 20.8 Å². The van der Waals surface area contributed by atoms with E-state index in [0.717, 1.165) is 6.54 Å². The van der Waals surface area contributed by atoms with Crippen LogP contribution in [0.2, 0.25) is 0 Å². The number of nitrogens with one attached hydrogen (secondary N) is 1. The highest BCUT2D eigenvalue weighted by Gasteiger charge is 2.10. The fraction of sp³-hybridized carbons (Fsp3) is 0.778. The summed E-state index contributed by atoms with van der Waals surface area (Å²) in [4.78, 5) is 1.50. The van der Waals surface area contributed by atoms with Crippen molar-refractivity contribution in [1.82, 2.24) is 5.32 Å². The second-order valence-corrected chi connectivity index (χ2v) is 7.91. The van der Waals surface area contributed by atoms with Crippen molar-refractivity contribution < 1.29 is 0 Å². The van der Waals surface area contributed by atoms with Crippen molar-refractivity contribution >= 4 is 27.3 Å². The summed E-state index contributed by atoms with van der Waals surface area (Å²) in [6.45, 7) is 5.68. The number of hydrogen-bond donors (Lipinski definition) is 1. The zero-order valence-electron chi connectivity index (χ0n) is 13.8. The van der Waals surface area contributed by atoms with Crippen LogP contribution in [-0.2, 0) is 6.42 Å². The zero-order chi connectivity index (χ0) is 15.3. The molecule has 122 valence electrons. The van der Waals surface area contributed by atoms with Crippen molar-refractivity contribution in [1.29, 1.82) is 0 Å². The first-order valence-corrected chi connectivity index (χ1v) is 10.4. The van der Waals surface area contributed by atoms with Crippen LogP contribution in [0.15, 0.2) is 15.9 Å². The molecule has 0 spiro atoms. The molecule has 0 fully saturated rings.